The van der Waals surface area contributed by atoms with Crippen molar-refractivity contribution in [2.75, 3.05) is 61.6 Å². The number of pyridine rings is 1. The molecule has 0 bridgehead atoms. The predicted octanol–water partition coefficient (Wildman–Crippen LogP) is 2.07. The van der Waals surface area contributed by atoms with E-state index in [-0.39, 0.29) is 43.7 Å². The molecule has 1 unspecified atom stereocenters. The maximum absolute atomic E-state index is 13.4. The number of H-pyrrole nitrogens is 1. The van der Waals surface area contributed by atoms with Crippen LogP contribution in [0.25, 0.3) is 0 Å². The SMILES string of the molecule is Cc1cc2c(nc1Cl)N1CCN(C(=O)CCOC[C@H](C)N(C)c3cn[nH]c(=O)c3C(F)(F)F)CC1C(=O)N2C. The molecule has 2 aromatic rings. The predicted molar refractivity (Wildman–Crippen MR) is 138 cm³/mol. The van der Waals surface area contributed by atoms with Crippen LogP contribution in [0.15, 0.2) is 17.1 Å². The lowest BCUT2D eigenvalue weighted by Gasteiger charge is -2.46. The van der Waals surface area contributed by atoms with Crippen molar-refractivity contribution in [3.63, 3.8) is 0 Å². The van der Waals surface area contributed by atoms with Crippen molar-refractivity contribution in [3.8, 4) is 0 Å². The minimum Gasteiger partial charge on any atom is -0.379 e. The maximum atomic E-state index is 13.4. The second-order valence-electron chi connectivity index (χ2n) is 9.63. The number of hydrogen-bond donors (Lipinski definition) is 1. The van der Waals surface area contributed by atoms with Crippen molar-refractivity contribution in [1.82, 2.24) is 20.1 Å². The second-order valence-corrected chi connectivity index (χ2v) is 9.98. The van der Waals surface area contributed by atoms with Crippen LogP contribution >= 0.6 is 11.6 Å². The van der Waals surface area contributed by atoms with Crippen LogP contribution in [0.2, 0.25) is 5.15 Å². The van der Waals surface area contributed by atoms with Gasteiger partial charge in [-0.1, -0.05) is 11.6 Å². The van der Waals surface area contributed by atoms with Gasteiger partial charge >= 0.3 is 6.18 Å². The zero-order valence-electron chi connectivity index (χ0n) is 21.9. The summed E-state index contributed by atoms with van der Waals surface area (Å²) < 4.78 is 45.7. The van der Waals surface area contributed by atoms with E-state index in [0.717, 1.165) is 11.8 Å². The van der Waals surface area contributed by atoms with Gasteiger partial charge < -0.3 is 24.3 Å². The van der Waals surface area contributed by atoms with Gasteiger partial charge in [-0.2, -0.15) is 18.3 Å². The molecule has 4 heterocycles. The number of aromatic amines is 1. The van der Waals surface area contributed by atoms with Crippen molar-refractivity contribution in [3.05, 3.63) is 38.9 Å². The molecule has 15 heteroatoms. The number of halogens is 4. The molecule has 4 rings (SSSR count). The van der Waals surface area contributed by atoms with Crippen molar-refractivity contribution in [2.24, 2.45) is 0 Å². The molecule has 39 heavy (non-hydrogen) atoms. The largest absolute Gasteiger partial charge is 0.423 e. The lowest BCUT2D eigenvalue weighted by molar-refractivity contribution is -0.138. The number of piperazine rings is 1. The van der Waals surface area contributed by atoms with Crippen LogP contribution in [-0.4, -0.2) is 90.9 Å². The average molecular weight is 572 g/mol. The van der Waals surface area contributed by atoms with E-state index in [1.165, 1.54) is 16.8 Å². The number of anilines is 3. The quantitative estimate of drug-likeness (QED) is 0.397. The van der Waals surface area contributed by atoms with E-state index in [2.05, 4.69) is 10.1 Å². The fraction of sp³-hybridized carbons (Fsp3) is 0.542. The van der Waals surface area contributed by atoms with Gasteiger partial charge in [-0.3, -0.25) is 14.4 Å². The van der Waals surface area contributed by atoms with Gasteiger partial charge in [0.05, 0.1) is 43.8 Å². The third-order valence-electron chi connectivity index (χ3n) is 7.07. The van der Waals surface area contributed by atoms with E-state index < -0.39 is 29.4 Å². The van der Waals surface area contributed by atoms with E-state index in [1.807, 2.05) is 17.9 Å². The van der Waals surface area contributed by atoms with E-state index >= 15 is 0 Å². The number of fused-ring (bicyclic) bond motifs is 3. The van der Waals surface area contributed by atoms with Gasteiger partial charge in [-0.25, -0.2) is 10.1 Å². The first-order valence-electron chi connectivity index (χ1n) is 12.3. The number of aromatic nitrogens is 3. The molecule has 2 aliphatic heterocycles. The van der Waals surface area contributed by atoms with Gasteiger partial charge in [-0.05, 0) is 25.5 Å². The highest BCUT2D eigenvalue weighted by Gasteiger charge is 2.42. The number of amides is 2. The van der Waals surface area contributed by atoms with Crippen LogP contribution in [0.5, 0.6) is 0 Å². The maximum Gasteiger partial charge on any atom is 0.423 e. The zero-order valence-corrected chi connectivity index (χ0v) is 22.6. The zero-order chi connectivity index (χ0) is 28.6. The van der Waals surface area contributed by atoms with Gasteiger partial charge in [0.25, 0.3) is 11.5 Å². The van der Waals surface area contributed by atoms with E-state index in [1.54, 1.807) is 24.0 Å². The normalized spacial score (nSPS) is 18.1. The Hall–Kier alpha value is -3.39. The van der Waals surface area contributed by atoms with E-state index in [9.17, 15) is 27.6 Å². The van der Waals surface area contributed by atoms with E-state index in [0.29, 0.717) is 29.7 Å². The first-order valence-corrected chi connectivity index (χ1v) is 12.6. The van der Waals surface area contributed by atoms with Crippen LogP contribution in [0, 0.1) is 6.92 Å². The Labute approximate surface area is 227 Å². The fourth-order valence-electron chi connectivity index (χ4n) is 4.69. The molecule has 2 aromatic heterocycles. The third-order valence-corrected chi connectivity index (χ3v) is 7.46. The summed E-state index contributed by atoms with van der Waals surface area (Å²) in [6.45, 7) is 4.47. The molecular weight excluding hydrogens is 543 g/mol. The van der Waals surface area contributed by atoms with Gasteiger partial charge in [-0.15, -0.1) is 0 Å². The number of carbonyl (C=O) groups excluding carboxylic acids is 2. The molecule has 2 amide bonds. The molecule has 11 nitrogen and oxygen atoms in total. The summed E-state index contributed by atoms with van der Waals surface area (Å²) in [7, 11) is 3.07. The number of nitrogens with zero attached hydrogens (tertiary/aromatic N) is 6. The highest BCUT2D eigenvalue weighted by molar-refractivity contribution is 6.30. The summed E-state index contributed by atoms with van der Waals surface area (Å²) in [4.78, 5) is 48.4. The topological polar surface area (TPSA) is 115 Å². The lowest BCUT2D eigenvalue weighted by atomic mass is 10.0. The monoisotopic (exact) mass is 571 g/mol. The molecule has 0 spiro atoms. The fourth-order valence-corrected chi connectivity index (χ4v) is 4.83. The number of alkyl halides is 3. The first kappa shape index (κ1) is 28.6. The van der Waals surface area contributed by atoms with Crippen molar-refractivity contribution in [2.45, 2.75) is 38.5 Å². The molecule has 2 atom stereocenters. The third kappa shape index (κ3) is 5.66. The van der Waals surface area contributed by atoms with E-state index in [4.69, 9.17) is 16.3 Å². The molecular formula is C24H29ClF3N7O4. The Kier molecular flexibility index (Phi) is 8.07. The van der Waals surface area contributed by atoms with Gasteiger partial charge in [0.15, 0.2) is 5.82 Å². The molecule has 1 saturated heterocycles. The Bertz CT molecular complexity index is 1320. The minimum atomic E-state index is -4.85. The van der Waals surface area contributed by atoms with Crippen molar-refractivity contribution < 1.29 is 27.5 Å². The van der Waals surface area contributed by atoms with Crippen LogP contribution in [0.4, 0.5) is 30.4 Å². The molecule has 1 N–H and O–H groups in total. The van der Waals surface area contributed by atoms with Gasteiger partial charge in [0.2, 0.25) is 5.91 Å². The number of likely N-dealkylation sites (N-methyl/N-ethyl adjacent to an activating group) is 2. The summed E-state index contributed by atoms with van der Waals surface area (Å²) in [5.41, 5.74) is -1.60. The number of carbonyl (C=O) groups is 2. The van der Waals surface area contributed by atoms with Crippen molar-refractivity contribution >= 4 is 40.6 Å². The van der Waals surface area contributed by atoms with Gasteiger partial charge in [0.1, 0.15) is 16.8 Å². The Morgan fingerprint density at radius 2 is 2.05 bits per heavy atom. The number of aryl methyl sites for hydroxylation is 1. The first-order chi connectivity index (χ1) is 18.3. The Morgan fingerprint density at radius 3 is 2.74 bits per heavy atom. The second kappa shape index (κ2) is 11.0. The summed E-state index contributed by atoms with van der Waals surface area (Å²) in [6, 6.07) is 0.681. The minimum absolute atomic E-state index is 0.0101. The number of nitrogens with one attached hydrogen (secondary N) is 1. The smallest absolute Gasteiger partial charge is 0.379 e. The van der Waals surface area contributed by atoms with Crippen LogP contribution in [0.1, 0.15) is 24.5 Å². The number of rotatable bonds is 7. The van der Waals surface area contributed by atoms with Crippen LogP contribution < -0.4 is 20.3 Å². The highest BCUT2D eigenvalue weighted by Crippen LogP contribution is 2.37. The summed E-state index contributed by atoms with van der Waals surface area (Å²) in [5, 5.41) is 5.65. The summed E-state index contributed by atoms with van der Waals surface area (Å²) in [6.07, 6.45) is -3.88. The molecule has 212 valence electrons. The molecule has 0 saturated carbocycles. The number of hydrogen-bond acceptors (Lipinski definition) is 8. The standard InChI is InChI=1S/C24H29ClF3N7O4/c1-13-9-15-21(30-20(13)25)35-7-6-34(11-17(35)23(38)33(15)4)18(36)5-8-39-12-14(2)32(3)16-10-29-31-22(37)19(16)24(26,27)28/h9-10,14,17H,5-8,11-12H2,1-4H3,(H,31,37)/t14-,17?/m0/s1. The molecule has 0 aliphatic carbocycles. The molecule has 0 radical (unpaired) electrons. The molecule has 1 fully saturated rings. The summed E-state index contributed by atoms with van der Waals surface area (Å²) in [5.74, 6) is 0.254. The lowest BCUT2D eigenvalue weighted by Crippen LogP contribution is -2.63. The van der Waals surface area contributed by atoms with Crippen LogP contribution in [-0.2, 0) is 20.5 Å². The van der Waals surface area contributed by atoms with Gasteiger partial charge in [0, 0.05) is 33.2 Å². The van der Waals surface area contributed by atoms with Crippen LogP contribution in [0.3, 0.4) is 0 Å². The Balaban J connectivity index is 1.32. The Morgan fingerprint density at radius 1 is 1.33 bits per heavy atom. The van der Waals surface area contributed by atoms with Crippen molar-refractivity contribution in [1.29, 1.82) is 0 Å². The molecule has 2 aliphatic rings. The number of ether oxygens (including phenoxy) is 1. The average Bonchev–Trinajstić information content (AvgIpc) is 2.89. The summed E-state index contributed by atoms with van der Waals surface area (Å²) >= 11 is 6.23. The molecule has 0 aromatic carbocycles. The highest BCUT2D eigenvalue weighted by atomic mass is 35.5.